The third-order valence-corrected chi connectivity index (χ3v) is 10.0. The Morgan fingerprint density at radius 2 is 1.77 bits per heavy atom. The van der Waals surface area contributed by atoms with Crippen molar-refractivity contribution >= 4 is 30.3 Å². The van der Waals surface area contributed by atoms with Crippen LogP contribution in [0.2, 0.25) is 0 Å². The van der Waals surface area contributed by atoms with Gasteiger partial charge in [0, 0.05) is 37.5 Å². The van der Waals surface area contributed by atoms with Gasteiger partial charge in [-0.25, -0.2) is 23.1 Å². The molecule has 11 heteroatoms. The Morgan fingerprint density at radius 1 is 1.06 bits per heavy atom. The minimum Gasteiger partial charge on any atom is -0.363 e. The molecule has 0 aliphatic carbocycles. The molecular formula is C37H53F3N6O2. The van der Waals surface area contributed by atoms with E-state index in [-0.39, 0.29) is 24.3 Å². The summed E-state index contributed by atoms with van der Waals surface area (Å²) >= 11 is 0. The molecule has 0 radical (unpaired) electrons. The fourth-order valence-corrected chi connectivity index (χ4v) is 6.97. The van der Waals surface area contributed by atoms with Gasteiger partial charge in [0.1, 0.15) is 36.4 Å². The van der Waals surface area contributed by atoms with Crippen LogP contribution in [-0.4, -0.2) is 73.3 Å². The van der Waals surface area contributed by atoms with Crippen LogP contribution in [-0.2, 0) is 15.5 Å². The van der Waals surface area contributed by atoms with Crippen LogP contribution in [0.1, 0.15) is 101 Å². The molecule has 4 rings (SSSR count). The zero-order valence-corrected chi connectivity index (χ0v) is 29.0. The minimum atomic E-state index is -3.29. The highest BCUT2D eigenvalue weighted by Crippen LogP contribution is 2.43. The molecule has 0 bridgehead atoms. The summed E-state index contributed by atoms with van der Waals surface area (Å²) in [6.45, 7) is 9.54. The Labute approximate surface area is 284 Å². The van der Waals surface area contributed by atoms with E-state index >= 15 is 13.2 Å². The Morgan fingerprint density at radius 3 is 2.44 bits per heavy atom. The van der Waals surface area contributed by atoms with Crippen LogP contribution in [0.5, 0.6) is 0 Å². The molecule has 3 heterocycles. The maximum atomic E-state index is 16.0. The van der Waals surface area contributed by atoms with Crippen molar-refractivity contribution in [3.8, 4) is 0 Å². The molecule has 264 valence electrons. The van der Waals surface area contributed by atoms with E-state index in [0.29, 0.717) is 54.9 Å². The quantitative estimate of drug-likeness (QED) is 0.104. The van der Waals surface area contributed by atoms with Crippen molar-refractivity contribution in [3.63, 3.8) is 0 Å². The Kier molecular flexibility index (Phi) is 14.0. The molecule has 2 aromatic rings. The fraction of sp³-hybridized carbons (Fsp3) is 0.622. The first kappa shape index (κ1) is 37.5. The third kappa shape index (κ3) is 9.43. The lowest BCUT2D eigenvalue weighted by Crippen LogP contribution is -2.38. The van der Waals surface area contributed by atoms with Gasteiger partial charge in [-0.3, -0.25) is 4.79 Å². The zero-order valence-electron chi connectivity index (χ0n) is 29.0. The minimum absolute atomic E-state index is 0.0744. The molecule has 2 aliphatic heterocycles. The number of aromatic nitrogens is 2. The molecule has 1 atom stereocenters. The zero-order chi connectivity index (χ0) is 34.7. The number of aldehydes is 2. The second kappa shape index (κ2) is 17.9. The second-order valence-electron chi connectivity index (χ2n) is 13.6. The Balaban J connectivity index is 1.64. The fourth-order valence-electron chi connectivity index (χ4n) is 6.97. The number of alkyl halides is 2. The van der Waals surface area contributed by atoms with Gasteiger partial charge in [0.15, 0.2) is 0 Å². The average Bonchev–Trinajstić information content (AvgIpc) is 3.09. The van der Waals surface area contributed by atoms with Crippen LogP contribution < -0.4 is 15.5 Å². The largest absolute Gasteiger partial charge is 0.363 e. The average molecular weight is 671 g/mol. The molecule has 0 saturated carbocycles. The van der Waals surface area contributed by atoms with Gasteiger partial charge < -0.3 is 25.2 Å². The summed E-state index contributed by atoms with van der Waals surface area (Å²) in [6.07, 6.45) is 11.6. The summed E-state index contributed by atoms with van der Waals surface area (Å²) in [4.78, 5) is 36.8. The normalized spacial score (nSPS) is 17.8. The molecule has 2 saturated heterocycles. The number of piperidine rings is 2. The summed E-state index contributed by atoms with van der Waals surface area (Å²) in [7, 11) is 1.94. The summed E-state index contributed by atoms with van der Waals surface area (Å²) in [5.74, 6) is -4.03. The van der Waals surface area contributed by atoms with E-state index in [2.05, 4.69) is 39.3 Å². The topological polar surface area (TPSA) is 90.5 Å². The lowest BCUT2D eigenvalue weighted by atomic mass is 9.86. The smallest absolute Gasteiger partial charge is 0.278 e. The molecular weight excluding hydrogens is 617 g/mol. The van der Waals surface area contributed by atoms with E-state index in [4.69, 9.17) is 0 Å². The number of likely N-dealkylation sites (tertiary alicyclic amines) is 1. The highest BCUT2D eigenvalue weighted by atomic mass is 19.3. The van der Waals surface area contributed by atoms with Crippen molar-refractivity contribution in [3.05, 3.63) is 52.6 Å². The van der Waals surface area contributed by atoms with E-state index < -0.39 is 29.3 Å². The monoisotopic (exact) mass is 670 g/mol. The standard InChI is InChI=1S/C37H53F3N6O2/c1-26(2)46-20-15-28(16-21-46)29(24-48)23-32-35(42-25-43-36(32)45(4)19-8-6-5-7-9-22-47)44-27(3)31-11-10-12-33(34(31)38)37(39,40)30-13-17-41-18-14-30/h10-12,22-28,30,41H,5-9,13-21H2,1-4H3,(H,42,43,44)/b29-23+/t27-/m1/s1. The number of allylic oxidation sites excluding steroid dienone is 1. The third-order valence-electron chi connectivity index (χ3n) is 10.0. The van der Waals surface area contributed by atoms with E-state index in [1.165, 1.54) is 24.5 Å². The summed E-state index contributed by atoms with van der Waals surface area (Å²) in [5.41, 5.74) is 0.810. The first-order chi connectivity index (χ1) is 23.1. The van der Waals surface area contributed by atoms with Crippen LogP contribution in [0.25, 0.3) is 6.08 Å². The molecule has 2 fully saturated rings. The van der Waals surface area contributed by atoms with Gasteiger partial charge >= 0.3 is 0 Å². The molecule has 48 heavy (non-hydrogen) atoms. The highest BCUT2D eigenvalue weighted by Gasteiger charge is 2.44. The number of carbonyl (C=O) groups is 2. The van der Waals surface area contributed by atoms with Crippen LogP contribution in [0.15, 0.2) is 30.1 Å². The number of nitrogens with one attached hydrogen (secondary N) is 2. The molecule has 1 aromatic carbocycles. The van der Waals surface area contributed by atoms with Crippen LogP contribution in [0.4, 0.5) is 24.8 Å². The van der Waals surface area contributed by atoms with E-state index in [9.17, 15) is 9.59 Å². The van der Waals surface area contributed by atoms with Crippen molar-refractivity contribution < 1.29 is 22.8 Å². The van der Waals surface area contributed by atoms with Gasteiger partial charge in [-0.05, 0) is 103 Å². The molecule has 8 nitrogen and oxygen atoms in total. The number of nitrogens with zero attached hydrogens (tertiary/aromatic N) is 4. The molecule has 2 aliphatic rings. The SMILES string of the molecule is CC(C)N1CCC(/C(C=O)=C/c2c(N[C@H](C)c3cccc(C(F)(F)C4CCNCC4)c3F)ncnc2N(C)CCCCCCC=O)CC1. The number of hydrogen-bond donors (Lipinski definition) is 2. The number of unbranched alkanes of at least 4 members (excludes halogenated alkanes) is 4. The van der Waals surface area contributed by atoms with Crippen LogP contribution >= 0.6 is 0 Å². The lowest BCUT2D eigenvalue weighted by Gasteiger charge is -2.34. The van der Waals surface area contributed by atoms with E-state index in [1.54, 1.807) is 6.92 Å². The van der Waals surface area contributed by atoms with Gasteiger partial charge in [-0.1, -0.05) is 31.0 Å². The van der Waals surface area contributed by atoms with Crippen LogP contribution in [0, 0.1) is 17.7 Å². The molecule has 0 spiro atoms. The predicted octanol–water partition coefficient (Wildman–Crippen LogP) is 7.17. The molecule has 0 unspecified atom stereocenters. The first-order valence-electron chi connectivity index (χ1n) is 17.6. The van der Waals surface area contributed by atoms with Gasteiger partial charge in [-0.15, -0.1) is 0 Å². The lowest BCUT2D eigenvalue weighted by molar-refractivity contribution is -0.108. The number of carbonyl (C=O) groups excluding carboxylic acids is 2. The highest BCUT2D eigenvalue weighted by molar-refractivity contribution is 5.87. The van der Waals surface area contributed by atoms with Gasteiger partial charge in [-0.2, -0.15) is 0 Å². The molecule has 2 N–H and O–H groups in total. The van der Waals surface area contributed by atoms with E-state index in [1.807, 2.05) is 18.0 Å². The summed E-state index contributed by atoms with van der Waals surface area (Å²) < 4.78 is 47.2. The van der Waals surface area contributed by atoms with Crippen molar-refractivity contribution in [2.24, 2.45) is 11.8 Å². The Hall–Kier alpha value is -3.31. The number of halogens is 3. The Bertz CT molecular complexity index is 1370. The molecule has 0 amide bonds. The van der Waals surface area contributed by atoms with Crippen molar-refractivity contribution in [2.75, 3.05) is 50.0 Å². The number of rotatable bonds is 17. The summed E-state index contributed by atoms with van der Waals surface area (Å²) in [5, 5.41) is 6.39. The van der Waals surface area contributed by atoms with Gasteiger partial charge in [0.05, 0.1) is 17.2 Å². The van der Waals surface area contributed by atoms with E-state index in [0.717, 1.165) is 64.2 Å². The molecule has 1 aromatic heterocycles. The second-order valence-corrected chi connectivity index (χ2v) is 13.6. The number of hydrogen-bond acceptors (Lipinski definition) is 8. The maximum Gasteiger partial charge on any atom is 0.278 e. The number of benzene rings is 1. The summed E-state index contributed by atoms with van der Waals surface area (Å²) in [6, 6.07) is 3.94. The number of anilines is 2. The maximum absolute atomic E-state index is 16.0. The van der Waals surface area contributed by atoms with Crippen molar-refractivity contribution in [1.82, 2.24) is 20.2 Å². The first-order valence-corrected chi connectivity index (χ1v) is 17.6. The van der Waals surface area contributed by atoms with Crippen molar-refractivity contribution in [1.29, 1.82) is 0 Å². The van der Waals surface area contributed by atoms with Crippen molar-refractivity contribution in [2.45, 2.75) is 96.6 Å². The van der Waals surface area contributed by atoms with Crippen LogP contribution in [0.3, 0.4) is 0 Å². The van der Waals surface area contributed by atoms with Gasteiger partial charge in [0.2, 0.25) is 0 Å². The van der Waals surface area contributed by atoms with Gasteiger partial charge in [0.25, 0.3) is 5.92 Å². The predicted molar refractivity (Wildman–Crippen MR) is 186 cm³/mol.